The lowest BCUT2D eigenvalue weighted by molar-refractivity contribution is 0.0717. The number of hydrogen-bond donors (Lipinski definition) is 1. The Bertz CT molecular complexity index is 924. The molecule has 25 heavy (non-hydrogen) atoms. The van der Waals surface area contributed by atoms with Crippen molar-refractivity contribution >= 4 is 16.8 Å². The predicted octanol–water partition coefficient (Wildman–Crippen LogP) is 2.72. The molecule has 0 bridgehead atoms. The SMILES string of the molecule is O=C(c1ccnc2ccncc12)N1CC(O)CC1c1ccc(F)cc1. The molecule has 1 aliphatic rings. The first-order valence-electron chi connectivity index (χ1n) is 8.07. The van der Waals surface area contributed by atoms with Gasteiger partial charge in [0.15, 0.2) is 0 Å². The second-order valence-electron chi connectivity index (χ2n) is 6.17. The van der Waals surface area contributed by atoms with Gasteiger partial charge in [0.05, 0.1) is 23.2 Å². The van der Waals surface area contributed by atoms with Crippen molar-refractivity contribution in [2.24, 2.45) is 0 Å². The Kier molecular flexibility index (Phi) is 3.89. The summed E-state index contributed by atoms with van der Waals surface area (Å²) in [7, 11) is 0. The molecule has 0 aliphatic carbocycles. The normalized spacial score (nSPS) is 20.2. The summed E-state index contributed by atoms with van der Waals surface area (Å²) in [6.45, 7) is 0.241. The number of fused-ring (bicyclic) bond motifs is 1. The van der Waals surface area contributed by atoms with E-state index in [4.69, 9.17) is 0 Å². The lowest BCUT2D eigenvalue weighted by atomic mass is 10.0. The molecule has 126 valence electrons. The number of rotatable bonds is 2. The van der Waals surface area contributed by atoms with Crippen molar-refractivity contribution in [3.8, 4) is 0 Å². The number of carbonyl (C=O) groups excluding carboxylic acids is 1. The summed E-state index contributed by atoms with van der Waals surface area (Å²) >= 11 is 0. The highest BCUT2D eigenvalue weighted by atomic mass is 19.1. The van der Waals surface area contributed by atoms with Gasteiger partial charge in [0.1, 0.15) is 5.82 Å². The molecule has 1 saturated heterocycles. The minimum absolute atomic E-state index is 0.189. The van der Waals surface area contributed by atoms with E-state index in [1.54, 1.807) is 47.8 Å². The molecule has 5 nitrogen and oxygen atoms in total. The van der Waals surface area contributed by atoms with E-state index in [-0.39, 0.29) is 24.3 Å². The summed E-state index contributed by atoms with van der Waals surface area (Å²) in [6, 6.07) is 9.18. The Hall–Kier alpha value is -2.86. The van der Waals surface area contributed by atoms with Gasteiger partial charge in [0, 0.05) is 30.5 Å². The molecule has 1 aromatic carbocycles. The zero-order valence-electron chi connectivity index (χ0n) is 13.3. The van der Waals surface area contributed by atoms with Gasteiger partial charge in [-0.15, -0.1) is 0 Å². The van der Waals surface area contributed by atoms with Gasteiger partial charge in [-0.25, -0.2) is 4.39 Å². The number of aliphatic hydroxyl groups is 1. The molecule has 0 radical (unpaired) electrons. The highest BCUT2D eigenvalue weighted by Crippen LogP contribution is 2.34. The number of amides is 1. The molecule has 3 heterocycles. The van der Waals surface area contributed by atoms with Crippen LogP contribution in [0.5, 0.6) is 0 Å². The van der Waals surface area contributed by atoms with Crippen molar-refractivity contribution in [3.05, 3.63) is 71.9 Å². The molecular weight excluding hydrogens is 321 g/mol. The maximum atomic E-state index is 13.2. The van der Waals surface area contributed by atoms with Crippen LogP contribution >= 0.6 is 0 Å². The Morgan fingerprint density at radius 2 is 1.96 bits per heavy atom. The van der Waals surface area contributed by atoms with E-state index in [9.17, 15) is 14.3 Å². The Morgan fingerprint density at radius 3 is 2.76 bits per heavy atom. The van der Waals surface area contributed by atoms with Crippen LogP contribution in [-0.2, 0) is 0 Å². The third-order valence-corrected chi connectivity index (χ3v) is 4.57. The minimum Gasteiger partial charge on any atom is -0.391 e. The maximum absolute atomic E-state index is 13.2. The van der Waals surface area contributed by atoms with Crippen molar-refractivity contribution in [1.29, 1.82) is 0 Å². The van der Waals surface area contributed by atoms with Crippen LogP contribution in [0.15, 0.2) is 55.0 Å². The fourth-order valence-corrected chi connectivity index (χ4v) is 3.37. The topological polar surface area (TPSA) is 66.3 Å². The van der Waals surface area contributed by atoms with E-state index in [2.05, 4.69) is 9.97 Å². The summed E-state index contributed by atoms with van der Waals surface area (Å²) < 4.78 is 13.2. The Labute approximate surface area is 143 Å². The standard InChI is InChI=1S/C19H16FN3O2/c20-13-3-1-12(2-4-13)18-9-14(24)11-23(18)19(25)15-5-8-22-17-6-7-21-10-16(15)17/h1-8,10,14,18,24H,9,11H2. The zero-order valence-corrected chi connectivity index (χ0v) is 13.3. The molecule has 2 unspecified atom stereocenters. The Morgan fingerprint density at radius 1 is 1.16 bits per heavy atom. The smallest absolute Gasteiger partial charge is 0.255 e. The number of likely N-dealkylation sites (tertiary alicyclic amines) is 1. The average molecular weight is 337 g/mol. The number of aliphatic hydroxyl groups excluding tert-OH is 1. The van der Waals surface area contributed by atoms with Crippen LogP contribution in [0.25, 0.3) is 10.9 Å². The second kappa shape index (κ2) is 6.22. The van der Waals surface area contributed by atoms with Crippen LogP contribution in [0.1, 0.15) is 28.4 Å². The number of aromatic nitrogens is 2. The van der Waals surface area contributed by atoms with E-state index in [0.29, 0.717) is 22.9 Å². The molecule has 0 saturated carbocycles. The van der Waals surface area contributed by atoms with E-state index in [1.165, 1.54) is 12.1 Å². The molecule has 1 fully saturated rings. The number of benzene rings is 1. The van der Waals surface area contributed by atoms with Crippen molar-refractivity contribution in [2.75, 3.05) is 6.54 Å². The van der Waals surface area contributed by atoms with Crippen LogP contribution < -0.4 is 0 Å². The number of halogens is 1. The van der Waals surface area contributed by atoms with Crippen LogP contribution in [0.2, 0.25) is 0 Å². The summed E-state index contributed by atoms with van der Waals surface area (Å²) in [5.74, 6) is -0.516. The van der Waals surface area contributed by atoms with Gasteiger partial charge < -0.3 is 10.0 Å². The van der Waals surface area contributed by atoms with Crippen LogP contribution in [0, 0.1) is 5.82 Å². The minimum atomic E-state index is -0.606. The molecule has 3 aromatic rings. The third-order valence-electron chi connectivity index (χ3n) is 4.57. The maximum Gasteiger partial charge on any atom is 0.255 e. The van der Waals surface area contributed by atoms with Crippen LogP contribution in [0.3, 0.4) is 0 Å². The molecule has 2 atom stereocenters. The molecule has 1 N–H and O–H groups in total. The summed E-state index contributed by atoms with van der Waals surface area (Å²) in [6.07, 6.45) is 4.66. The average Bonchev–Trinajstić information content (AvgIpc) is 3.03. The second-order valence-corrected chi connectivity index (χ2v) is 6.17. The van der Waals surface area contributed by atoms with Gasteiger partial charge in [-0.1, -0.05) is 12.1 Å². The zero-order chi connectivity index (χ0) is 17.4. The van der Waals surface area contributed by atoms with Gasteiger partial charge in [-0.05, 0) is 36.2 Å². The van der Waals surface area contributed by atoms with Crippen LogP contribution in [0.4, 0.5) is 4.39 Å². The van der Waals surface area contributed by atoms with Gasteiger partial charge in [0.25, 0.3) is 5.91 Å². The van der Waals surface area contributed by atoms with Crippen molar-refractivity contribution in [1.82, 2.24) is 14.9 Å². The highest BCUT2D eigenvalue weighted by molar-refractivity contribution is 6.06. The summed E-state index contributed by atoms with van der Waals surface area (Å²) in [4.78, 5) is 23.1. The van der Waals surface area contributed by atoms with E-state index >= 15 is 0 Å². The first kappa shape index (κ1) is 15.7. The molecule has 6 heteroatoms. The van der Waals surface area contributed by atoms with Gasteiger partial charge in [-0.2, -0.15) is 0 Å². The number of pyridine rings is 2. The first-order valence-corrected chi connectivity index (χ1v) is 8.07. The number of hydrogen-bond acceptors (Lipinski definition) is 4. The predicted molar refractivity (Wildman–Crippen MR) is 90.3 cm³/mol. The highest BCUT2D eigenvalue weighted by Gasteiger charge is 2.36. The third kappa shape index (κ3) is 2.85. The largest absolute Gasteiger partial charge is 0.391 e. The molecule has 1 aliphatic heterocycles. The number of nitrogens with zero attached hydrogens (tertiary/aromatic N) is 3. The quantitative estimate of drug-likeness (QED) is 0.781. The van der Waals surface area contributed by atoms with Gasteiger partial charge in [-0.3, -0.25) is 14.8 Å². The molecule has 1 amide bonds. The fraction of sp³-hybridized carbons (Fsp3) is 0.211. The van der Waals surface area contributed by atoms with Crippen molar-refractivity contribution in [2.45, 2.75) is 18.6 Å². The lowest BCUT2D eigenvalue weighted by Crippen LogP contribution is -2.32. The van der Waals surface area contributed by atoms with E-state index in [0.717, 1.165) is 5.56 Å². The molecule has 2 aromatic heterocycles. The van der Waals surface area contributed by atoms with Gasteiger partial charge in [0.2, 0.25) is 0 Å². The monoisotopic (exact) mass is 337 g/mol. The van der Waals surface area contributed by atoms with Crippen molar-refractivity contribution < 1.29 is 14.3 Å². The Balaban J connectivity index is 1.73. The summed E-state index contributed by atoms with van der Waals surface area (Å²) in [5, 5.41) is 10.8. The molecular formula is C19H16FN3O2. The summed E-state index contributed by atoms with van der Waals surface area (Å²) in [5.41, 5.74) is 2.00. The lowest BCUT2D eigenvalue weighted by Gasteiger charge is -2.25. The van der Waals surface area contributed by atoms with Crippen molar-refractivity contribution in [3.63, 3.8) is 0 Å². The first-order chi connectivity index (χ1) is 12.1. The fourth-order valence-electron chi connectivity index (χ4n) is 3.37. The van der Waals surface area contributed by atoms with E-state index < -0.39 is 6.10 Å². The van der Waals surface area contributed by atoms with Crippen LogP contribution in [-0.4, -0.2) is 38.5 Å². The van der Waals surface area contributed by atoms with E-state index in [1.807, 2.05) is 0 Å². The van der Waals surface area contributed by atoms with Gasteiger partial charge >= 0.3 is 0 Å². The number of β-amino-alcohol motifs (C(OH)–C–C–N with tert-alkyl or cyclic N) is 1. The molecule has 4 rings (SSSR count). The number of carbonyl (C=O) groups is 1. The molecule has 0 spiro atoms.